The predicted molar refractivity (Wildman–Crippen MR) is 90.6 cm³/mol. The molecule has 0 bridgehead atoms. The number of hydrogen-bond acceptors (Lipinski definition) is 5. The van der Waals surface area contributed by atoms with E-state index in [0.29, 0.717) is 10.8 Å². The van der Waals surface area contributed by atoms with Gasteiger partial charge in [-0.1, -0.05) is 23.2 Å². The van der Waals surface area contributed by atoms with E-state index < -0.39 is 10.9 Å². The number of ether oxygens (including phenoxy) is 1. The van der Waals surface area contributed by atoms with Crippen molar-refractivity contribution in [2.24, 2.45) is 0 Å². The third kappa shape index (κ3) is 5.13. The minimum Gasteiger partial charge on any atom is -0.461 e. The second-order valence-electron chi connectivity index (χ2n) is 4.36. The van der Waals surface area contributed by atoms with E-state index in [4.69, 9.17) is 27.9 Å². The lowest BCUT2D eigenvalue weighted by Crippen LogP contribution is -2.10. The zero-order chi connectivity index (χ0) is 16.8. The second kappa shape index (κ2) is 8.19. The number of nitro groups is 1. The first-order valence-corrected chi connectivity index (χ1v) is 8.21. The average molecular weight is 372 g/mol. The highest BCUT2D eigenvalue weighted by Gasteiger charge is 2.21. The Morgan fingerprint density at radius 1 is 1.13 bits per heavy atom. The van der Waals surface area contributed by atoms with Crippen LogP contribution in [0.1, 0.15) is 10.4 Å². The fourth-order valence-electron chi connectivity index (χ4n) is 1.73. The molecule has 0 unspecified atom stereocenters. The number of carbonyl (C=O) groups excluding carboxylic acids is 1. The molecule has 2 aromatic rings. The molecule has 0 saturated carbocycles. The van der Waals surface area contributed by atoms with Gasteiger partial charge in [0.25, 0.3) is 5.69 Å². The number of thioether (sulfide) groups is 1. The first kappa shape index (κ1) is 17.6. The van der Waals surface area contributed by atoms with Crippen LogP contribution >= 0.6 is 35.0 Å². The molecular formula is C15H11Cl2NO4S. The van der Waals surface area contributed by atoms with E-state index in [1.165, 1.54) is 30.0 Å². The van der Waals surface area contributed by atoms with Crippen molar-refractivity contribution in [1.29, 1.82) is 0 Å². The van der Waals surface area contributed by atoms with Crippen LogP contribution in [0.5, 0.6) is 0 Å². The van der Waals surface area contributed by atoms with Gasteiger partial charge in [-0.2, -0.15) is 0 Å². The number of hydrogen-bond donors (Lipinski definition) is 0. The van der Waals surface area contributed by atoms with E-state index in [1.807, 2.05) is 12.1 Å². The standard InChI is InChI=1S/C15H11Cl2NO4S/c16-10-1-4-12(5-2-10)23-8-7-22-15(19)13-9-11(17)3-6-14(13)18(20)21/h1-6,9H,7-8H2. The summed E-state index contributed by atoms with van der Waals surface area (Å²) in [6.07, 6.45) is 0. The van der Waals surface area contributed by atoms with Crippen LogP contribution < -0.4 is 0 Å². The van der Waals surface area contributed by atoms with Crippen molar-refractivity contribution in [2.75, 3.05) is 12.4 Å². The lowest BCUT2D eigenvalue weighted by atomic mass is 10.2. The highest BCUT2D eigenvalue weighted by Crippen LogP contribution is 2.24. The quantitative estimate of drug-likeness (QED) is 0.238. The lowest BCUT2D eigenvalue weighted by Gasteiger charge is -2.06. The maximum atomic E-state index is 12.0. The van der Waals surface area contributed by atoms with Gasteiger partial charge in [0.1, 0.15) is 12.2 Å². The Balaban J connectivity index is 1.91. The van der Waals surface area contributed by atoms with Crippen LogP contribution in [0.15, 0.2) is 47.4 Å². The van der Waals surface area contributed by atoms with Crippen LogP contribution in [0.2, 0.25) is 10.0 Å². The predicted octanol–water partition coefficient (Wildman–Crippen LogP) is 4.85. The smallest absolute Gasteiger partial charge is 0.345 e. The molecule has 0 saturated heterocycles. The molecule has 0 fully saturated rings. The molecule has 0 amide bonds. The summed E-state index contributed by atoms with van der Waals surface area (Å²) >= 11 is 13.0. The Morgan fingerprint density at radius 3 is 2.43 bits per heavy atom. The van der Waals surface area contributed by atoms with Gasteiger partial charge in [0.2, 0.25) is 0 Å². The van der Waals surface area contributed by atoms with Crippen LogP contribution in [0, 0.1) is 10.1 Å². The molecule has 0 heterocycles. The molecule has 0 radical (unpaired) electrons. The van der Waals surface area contributed by atoms with Crippen molar-refractivity contribution in [3.8, 4) is 0 Å². The maximum absolute atomic E-state index is 12.0. The highest BCUT2D eigenvalue weighted by molar-refractivity contribution is 7.99. The average Bonchev–Trinajstić information content (AvgIpc) is 2.52. The number of carbonyl (C=O) groups is 1. The van der Waals surface area contributed by atoms with Crippen molar-refractivity contribution in [2.45, 2.75) is 4.90 Å². The number of nitro benzene ring substituents is 1. The van der Waals surface area contributed by atoms with Gasteiger partial charge in [-0.05, 0) is 36.4 Å². The third-order valence-electron chi connectivity index (χ3n) is 2.77. The molecule has 0 aliphatic heterocycles. The number of halogens is 2. The van der Waals surface area contributed by atoms with Gasteiger partial charge in [-0.15, -0.1) is 11.8 Å². The second-order valence-corrected chi connectivity index (χ2v) is 6.40. The summed E-state index contributed by atoms with van der Waals surface area (Å²) in [5.74, 6) is -0.252. The molecule has 120 valence electrons. The van der Waals surface area contributed by atoms with E-state index in [2.05, 4.69) is 0 Å². The van der Waals surface area contributed by atoms with Gasteiger partial charge < -0.3 is 4.74 Å². The molecule has 23 heavy (non-hydrogen) atoms. The molecule has 2 rings (SSSR count). The molecule has 0 atom stereocenters. The zero-order valence-electron chi connectivity index (χ0n) is 11.7. The van der Waals surface area contributed by atoms with Gasteiger partial charge >= 0.3 is 5.97 Å². The molecule has 0 aromatic heterocycles. The number of rotatable bonds is 6. The van der Waals surface area contributed by atoms with Crippen molar-refractivity contribution in [3.63, 3.8) is 0 Å². The fraction of sp³-hybridized carbons (Fsp3) is 0.133. The van der Waals surface area contributed by atoms with Crippen LogP contribution in [0.3, 0.4) is 0 Å². The monoisotopic (exact) mass is 371 g/mol. The lowest BCUT2D eigenvalue weighted by molar-refractivity contribution is -0.385. The normalized spacial score (nSPS) is 10.3. The SMILES string of the molecule is O=C(OCCSc1ccc(Cl)cc1)c1cc(Cl)ccc1[N+](=O)[O-]. The number of nitrogens with zero attached hydrogens (tertiary/aromatic N) is 1. The van der Waals surface area contributed by atoms with Crippen LogP contribution in [-0.2, 0) is 4.74 Å². The molecule has 0 aliphatic rings. The molecule has 0 aliphatic carbocycles. The Morgan fingerprint density at radius 2 is 1.78 bits per heavy atom. The zero-order valence-corrected chi connectivity index (χ0v) is 14.0. The van der Waals surface area contributed by atoms with E-state index in [1.54, 1.807) is 12.1 Å². The maximum Gasteiger partial charge on any atom is 0.345 e. The summed E-state index contributed by atoms with van der Waals surface area (Å²) in [4.78, 5) is 23.2. The summed E-state index contributed by atoms with van der Waals surface area (Å²) in [7, 11) is 0. The largest absolute Gasteiger partial charge is 0.461 e. The molecule has 2 aromatic carbocycles. The van der Waals surface area contributed by atoms with Gasteiger partial charge in [0.05, 0.1) is 4.92 Å². The Labute approximate surface area is 146 Å². The van der Waals surface area contributed by atoms with Crippen molar-refractivity contribution in [1.82, 2.24) is 0 Å². The van der Waals surface area contributed by atoms with Gasteiger partial charge in [0, 0.05) is 26.8 Å². The summed E-state index contributed by atoms with van der Waals surface area (Å²) in [6, 6.07) is 11.0. The topological polar surface area (TPSA) is 69.4 Å². The first-order chi connectivity index (χ1) is 11.0. The summed E-state index contributed by atoms with van der Waals surface area (Å²) in [5, 5.41) is 11.8. The third-order valence-corrected chi connectivity index (χ3v) is 4.24. The van der Waals surface area contributed by atoms with Crippen molar-refractivity contribution in [3.05, 3.63) is 68.2 Å². The summed E-state index contributed by atoms with van der Waals surface area (Å²) < 4.78 is 5.07. The van der Waals surface area contributed by atoms with Gasteiger partial charge in [0.15, 0.2) is 0 Å². The van der Waals surface area contributed by atoms with E-state index in [0.717, 1.165) is 4.90 Å². The first-order valence-electron chi connectivity index (χ1n) is 6.47. The molecular weight excluding hydrogens is 361 g/mol. The molecule has 0 N–H and O–H groups in total. The minimum atomic E-state index is -0.768. The minimum absolute atomic E-state index is 0.121. The van der Waals surface area contributed by atoms with Gasteiger partial charge in [-0.3, -0.25) is 10.1 Å². The Hall–Kier alpha value is -1.76. The number of esters is 1. The van der Waals surface area contributed by atoms with E-state index >= 15 is 0 Å². The molecule has 8 heteroatoms. The highest BCUT2D eigenvalue weighted by atomic mass is 35.5. The van der Waals surface area contributed by atoms with Crippen LogP contribution in [-0.4, -0.2) is 23.3 Å². The summed E-state index contributed by atoms with van der Waals surface area (Å²) in [6.45, 7) is 0.121. The molecule has 5 nitrogen and oxygen atoms in total. The van der Waals surface area contributed by atoms with Crippen LogP contribution in [0.4, 0.5) is 5.69 Å². The van der Waals surface area contributed by atoms with E-state index in [9.17, 15) is 14.9 Å². The Bertz CT molecular complexity index is 722. The van der Waals surface area contributed by atoms with Crippen molar-refractivity contribution >= 4 is 46.6 Å². The van der Waals surface area contributed by atoms with E-state index in [-0.39, 0.29) is 22.9 Å². The fourth-order valence-corrected chi connectivity index (χ4v) is 2.76. The number of benzene rings is 2. The molecule has 0 spiro atoms. The Kier molecular flexibility index (Phi) is 6.27. The van der Waals surface area contributed by atoms with Gasteiger partial charge in [-0.25, -0.2) is 4.79 Å². The summed E-state index contributed by atoms with van der Waals surface area (Å²) in [5.41, 5.74) is -0.483. The van der Waals surface area contributed by atoms with Crippen LogP contribution in [0.25, 0.3) is 0 Å². The van der Waals surface area contributed by atoms with Crippen molar-refractivity contribution < 1.29 is 14.5 Å².